The molecule has 2 heterocycles. The van der Waals surface area contributed by atoms with Crippen molar-refractivity contribution in [1.29, 1.82) is 0 Å². The van der Waals surface area contributed by atoms with E-state index < -0.39 is 0 Å². The van der Waals surface area contributed by atoms with Crippen molar-refractivity contribution in [3.63, 3.8) is 0 Å². The summed E-state index contributed by atoms with van der Waals surface area (Å²) in [5.74, 6) is 1.02. The summed E-state index contributed by atoms with van der Waals surface area (Å²) in [5.41, 5.74) is 2.13. The van der Waals surface area contributed by atoms with Crippen LogP contribution < -0.4 is 0 Å². The van der Waals surface area contributed by atoms with Gasteiger partial charge in [-0.25, -0.2) is 0 Å². The number of carbonyl (C=O) groups excluding carboxylic acids is 1. The Hall–Kier alpha value is -2.49. The van der Waals surface area contributed by atoms with Gasteiger partial charge in [-0.3, -0.25) is 4.79 Å². The molecule has 1 fully saturated rings. The highest BCUT2D eigenvalue weighted by molar-refractivity contribution is 5.89. The van der Waals surface area contributed by atoms with Gasteiger partial charge in [0.1, 0.15) is 5.76 Å². The predicted molar refractivity (Wildman–Crippen MR) is 89.0 cm³/mol. The highest BCUT2D eigenvalue weighted by Gasteiger charge is 2.37. The smallest absolute Gasteiger partial charge is 0.227 e. The molecule has 1 amide bonds. The number of furan rings is 1. The zero-order valence-corrected chi connectivity index (χ0v) is 13.2. The van der Waals surface area contributed by atoms with Crippen LogP contribution in [-0.2, 0) is 11.2 Å². The Morgan fingerprint density at radius 2 is 2.13 bits per heavy atom. The molecule has 0 bridgehead atoms. The van der Waals surface area contributed by atoms with Crippen molar-refractivity contribution >= 4 is 16.8 Å². The predicted octanol–water partition coefficient (Wildman–Crippen LogP) is 4.06. The molecule has 1 aliphatic carbocycles. The van der Waals surface area contributed by atoms with Crippen molar-refractivity contribution in [3.05, 3.63) is 60.2 Å². The number of amides is 1. The van der Waals surface area contributed by atoms with Gasteiger partial charge in [0, 0.05) is 23.1 Å². The van der Waals surface area contributed by atoms with Crippen LogP contribution in [0.25, 0.3) is 10.9 Å². The van der Waals surface area contributed by atoms with E-state index in [9.17, 15) is 4.79 Å². The summed E-state index contributed by atoms with van der Waals surface area (Å²) in [4.78, 5) is 18.2. The Kier molecular flexibility index (Phi) is 3.45. The molecule has 3 aromatic rings. The third kappa shape index (κ3) is 2.65. The maximum atomic E-state index is 12.9. The third-order valence-corrected chi connectivity index (χ3v) is 4.62. The minimum Gasteiger partial charge on any atom is -0.467 e. The summed E-state index contributed by atoms with van der Waals surface area (Å²) in [6, 6.07) is 12.3. The molecule has 1 N–H and O–H groups in total. The van der Waals surface area contributed by atoms with Crippen molar-refractivity contribution in [2.75, 3.05) is 0 Å². The molecule has 1 unspecified atom stereocenters. The second-order valence-electron chi connectivity index (χ2n) is 6.26. The van der Waals surface area contributed by atoms with Crippen LogP contribution in [0.2, 0.25) is 0 Å². The number of hydrogen-bond acceptors (Lipinski definition) is 2. The molecule has 0 radical (unpaired) electrons. The number of nitrogens with zero attached hydrogens (tertiary/aromatic N) is 1. The second kappa shape index (κ2) is 5.61. The largest absolute Gasteiger partial charge is 0.467 e. The summed E-state index contributed by atoms with van der Waals surface area (Å²) >= 11 is 0. The molecule has 2 aromatic heterocycles. The summed E-state index contributed by atoms with van der Waals surface area (Å²) in [7, 11) is 0. The normalized spacial score (nSPS) is 15.7. The number of aromatic nitrogens is 1. The molecule has 1 saturated carbocycles. The van der Waals surface area contributed by atoms with E-state index in [1.807, 2.05) is 48.4 Å². The first-order valence-corrected chi connectivity index (χ1v) is 8.13. The molecule has 4 rings (SSSR count). The molecular formula is C19H20N2O2. The molecular weight excluding hydrogens is 288 g/mol. The SMILES string of the molecule is CC(c1ccco1)N(C(=O)Cc1c[nH]c2ccccc12)C1CC1. The van der Waals surface area contributed by atoms with Gasteiger partial charge in [-0.05, 0) is 43.5 Å². The van der Waals surface area contributed by atoms with Gasteiger partial charge in [-0.1, -0.05) is 18.2 Å². The van der Waals surface area contributed by atoms with Crippen LogP contribution in [0.1, 0.15) is 37.1 Å². The summed E-state index contributed by atoms with van der Waals surface area (Å²) in [6.45, 7) is 2.05. The topological polar surface area (TPSA) is 49.2 Å². The number of nitrogens with one attached hydrogen (secondary N) is 1. The van der Waals surface area contributed by atoms with Gasteiger partial charge in [0.2, 0.25) is 5.91 Å². The molecule has 23 heavy (non-hydrogen) atoms. The van der Waals surface area contributed by atoms with E-state index in [1.165, 1.54) is 0 Å². The van der Waals surface area contributed by atoms with E-state index in [4.69, 9.17) is 4.42 Å². The van der Waals surface area contributed by atoms with Gasteiger partial charge >= 0.3 is 0 Å². The Balaban J connectivity index is 1.58. The van der Waals surface area contributed by atoms with Gasteiger partial charge in [0.15, 0.2) is 0 Å². The maximum absolute atomic E-state index is 12.9. The lowest BCUT2D eigenvalue weighted by Crippen LogP contribution is -2.36. The van der Waals surface area contributed by atoms with Crippen molar-refractivity contribution in [1.82, 2.24) is 9.88 Å². The first kappa shape index (κ1) is 14.1. The quantitative estimate of drug-likeness (QED) is 0.773. The van der Waals surface area contributed by atoms with Gasteiger partial charge in [-0.15, -0.1) is 0 Å². The van der Waals surface area contributed by atoms with Crippen LogP contribution in [0.4, 0.5) is 0 Å². The molecule has 4 heteroatoms. The fourth-order valence-corrected chi connectivity index (χ4v) is 3.29. The lowest BCUT2D eigenvalue weighted by atomic mass is 10.1. The molecule has 1 atom stereocenters. The summed E-state index contributed by atoms with van der Waals surface area (Å²) in [6.07, 6.45) is 6.22. The third-order valence-electron chi connectivity index (χ3n) is 4.62. The van der Waals surface area contributed by atoms with E-state index in [0.29, 0.717) is 12.5 Å². The van der Waals surface area contributed by atoms with E-state index in [0.717, 1.165) is 35.1 Å². The standard InChI is InChI=1S/C19H20N2O2/c1-13(18-7-4-10-23-18)21(15-8-9-15)19(22)11-14-12-20-17-6-3-2-5-16(14)17/h2-7,10,12-13,15,20H,8-9,11H2,1H3. The van der Waals surface area contributed by atoms with E-state index in [2.05, 4.69) is 11.1 Å². The van der Waals surface area contributed by atoms with Crippen molar-refractivity contribution in [3.8, 4) is 0 Å². The first-order valence-electron chi connectivity index (χ1n) is 8.13. The number of aromatic amines is 1. The van der Waals surface area contributed by atoms with Crippen molar-refractivity contribution < 1.29 is 9.21 Å². The summed E-state index contributed by atoms with van der Waals surface area (Å²) in [5, 5.41) is 1.13. The molecule has 0 aliphatic heterocycles. The zero-order valence-electron chi connectivity index (χ0n) is 13.2. The summed E-state index contributed by atoms with van der Waals surface area (Å²) < 4.78 is 5.51. The van der Waals surface area contributed by atoms with Gasteiger partial charge in [0.05, 0.1) is 18.7 Å². The number of fused-ring (bicyclic) bond motifs is 1. The van der Waals surface area contributed by atoms with E-state index >= 15 is 0 Å². The Bertz CT molecular complexity index is 815. The fourth-order valence-electron chi connectivity index (χ4n) is 3.29. The van der Waals surface area contributed by atoms with Crippen molar-refractivity contribution in [2.45, 2.75) is 38.3 Å². The van der Waals surface area contributed by atoms with E-state index in [1.54, 1.807) is 6.26 Å². The van der Waals surface area contributed by atoms with Crippen LogP contribution in [0.15, 0.2) is 53.3 Å². The van der Waals surface area contributed by atoms with Crippen LogP contribution in [0.3, 0.4) is 0 Å². The van der Waals surface area contributed by atoms with Crippen LogP contribution >= 0.6 is 0 Å². The minimum atomic E-state index is -0.0183. The lowest BCUT2D eigenvalue weighted by molar-refractivity contribution is -0.133. The lowest BCUT2D eigenvalue weighted by Gasteiger charge is -2.28. The minimum absolute atomic E-state index is 0.0183. The van der Waals surface area contributed by atoms with Crippen LogP contribution in [-0.4, -0.2) is 21.8 Å². The molecule has 0 saturated heterocycles. The number of benzene rings is 1. The average Bonchev–Trinajstić information content (AvgIpc) is 3.09. The molecule has 118 valence electrons. The second-order valence-corrected chi connectivity index (χ2v) is 6.26. The van der Waals surface area contributed by atoms with Crippen molar-refractivity contribution in [2.24, 2.45) is 0 Å². The molecule has 4 nitrogen and oxygen atoms in total. The maximum Gasteiger partial charge on any atom is 0.227 e. The zero-order chi connectivity index (χ0) is 15.8. The number of hydrogen-bond donors (Lipinski definition) is 1. The van der Waals surface area contributed by atoms with Crippen LogP contribution in [0, 0.1) is 0 Å². The average molecular weight is 308 g/mol. The monoisotopic (exact) mass is 308 g/mol. The Labute approximate surface area is 135 Å². The van der Waals surface area contributed by atoms with Crippen LogP contribution in [0.5, 0.6) is 0 Å². The molecule has 1 aromatic carbocycles. The number of H-pyrrole nitrogens is 1. The fraction of sp³-hybridized carbons (Fsp3) is 0.316. The Morgan fingerprint density at radius 1 is 1.30 bits per heavy atom. The highest BCUT2D eigenvalue weighted by atomic mass is 16.3. The Morgan fingerprint density at radius 3 is 2.87 bits per heavy atom. The number of rotatable bonds is 5. The van der Waals surface area contributed by atoms with E-state index in [-0.39, 0.29) is 11.9 Å². The molecule has 1 aliphatic rings. The highest BCUT2D eigenvalue weighted by Crippen LogP contribution is 2.35. The molecule has 0 spiro atoms. The van der Waals surface area contributed by atoms with Gasteiger partial charge in [-0.2, -0.15) is 0 Å². The first-order chi connectivity index (χ1) is 11.2. The van der Waals surface area contributed by atoms with Gasteiger partial charge in [0.25, 0.3) is 0 Å². The number of para-hydroxylation sites is 1. The number of carbonyl (C=O) groups is 1. The van der Waals surface area contributed by atoms with Gasteiger partial charge < -0.3 is 14.3 Å².